The van der Waals surface area contributed by atoms with Crippen LogP contribution in [0.15, 0.2) is 30.7 Å². The molecule has 0 saturated heterocycles. The summed E-state index contributed by atoms with van der Waals surface area (Å²) in [7, 11) is 0. The van der Waals surface area contributed by atoms with Crippen LogP contribution in [0, 0.1) is 4.77 Å². The van der Waals surface area contributed by atoms with Gasteiger partial charge in [0.25, 0.3) is 0 Å². The number of rotatable bonds is 3. The van der Waals surface area contributed by atoms with Crippen molar-refractivity contribution in [2.75, 3.05) is 0 Å². The van der Waals surface area contributed by atoms with Crippen LogP contribution >= 0.6 is 12.2 Å². The van der Waals surface area contributed by atoms with Gasteiger partial charge in [0.15, 0.2) is 4.77 Å². The molecular weight excluding hydrogens is 218 g/mol. The molecule has 0 aliphatic heterocycles. The first-order valence-corrected chi connectivity index (χ1v) is 5.83. The van der Waals surface area contributed by atoms with Gasteiger partial charge in [0.2, 0.25) is 0 Å². The van der Waals surface area contributed by atoms with Crippen LogP contribution in [-0.2, 0) is 6.42 Å². The second-order valence-corrected chi connectivity index (χ2v) is 4.16. The van der Waals surface area contributed by atoms with Crippen molar-refractivity contribution in [2.24, 2.45) is 0 Å². The maximum atomic E-state index is 5.30. The first-order valence-electron chi connectivity index (χ1n) is 5.42. The van der Waals surface area contributed by atoms with Gasteiger partial charge in [-0.2, -0.15) is 0 Å². The molecule has 1 unspecified atom stereocenters. The zero-order valence-corrected chi connectivity index (χ0v) is 10.3. The van der Waals surface area contributed by atoms with Gasteiger partial charge >= 0.3 is 0 Å². The molecule has 0 aromatic carbocycles. The van der Waals surface area contributed by atoms with Crippen molar-refractivity contribution in [2.45, 2.75) is 26.3 Å². The molecule has 0 fully saturated rings. The summed E-state index contributed by atoms with van der Waals surface area (Å²) in [6.07, 6.45) is 6.62. The molecule has 1 atom stereocenters. The van der Waals surface area contributed by atoms with Crippen molar-refractivity contribution >= 4 is 12.2 Å². The summed E-state index contributed by atoms with van der Waals surface area (Å²) < 4.78 is 2.92. The summed E-state index contributed by atoms with van der Waals surface area (Å²) in [4.78, 5) is 7.24. The van der Waals surface area contributed by atoms with Gasteiger partial charge in [-0.25, -0.2) is 0 Å². The standard InChI is InChI=1S/C12H15N3S/c1-3-11-8-14-12(16)15(11)9(2)10-5-4-6-13-7-10/h4-9H,3H2,1-2H3,(H,14,16). The van der Waals surface area contributed by atoms with E-state index in [4.69, 9.17) is 12.2 Å². The highest BCUT2D eigenvalue weighted by atomic mass is 32.1. The van der Waals surface area contributed by atoms with Gasteiger partial charge < -0.3 is 9.55 Å². The lowest BCUT2D eigenvalue weighted by atomic mass is 10.1. The second-order valence-electron chi connectivity index (χ2n) is 3.77. The number of aromatic amines is 1. The van der Waals surface area contributed by atoms with Crippen LogP contribution in [0.3, 0.4) is 0 Å². The zero-order chi connectivity index (χ0) is 11.5. The molecule has 0 aliphatic carbocycles. The van der Waals surface area contributed by atoms with Crippen molar-refractivity contribution in [3.63, 3.8) is 0 Å². The third-order valence-electron chi connectivity index (χ3n) is 2.81. The van der Waals surface area contributed by atoms with E-state index in [9.17, 15) is 0 Å². The first-order chi connectivity index (χ1) is 7.74. The van der Waals surface area contributed by atoms with Gasteiger partial charge in [0.05, 0.1) is 6.04 Å². The normalized spacial score (nSPS) is 12.6. The van der Waals surface area contributed by atoms with Crippen LogP contribution < -0.4 is 0 Å². The van der Waals surface area contributed by atoms with Gasteiger partial charge in [0.1, 0.15) is 0 Å². The molecule has 2 heterocycles. The van der Waals surface area contributed by atoms with E-state index in [1.165, 1.54) is 11.3 Å². The molecule has 2 rings (SSSR count). The lowest BCUT2D eigenvalue weighted by Gasteiger charge is -2.16. The molecule has 0 spiro atoms. The van der Waals surface area contributed by atoms with Crippen LogP contribution in [-0.4, -0.2) is 14.5 Å². The molecule has 1 N–H and O–H groups in total. The van der Waals surface area contributed by atoms with Crippen LogP contribution in [0.5, 0.6) is 0 Å². The van der Waals surface area contributed by atoms with Gasteiger partial charge in [-0.1, -0.05) is 13.0 Å². The Morgan fingerprint density at radius 2 is 2.38 bits per heavy atom. The Balaban J connectivity index is 2.45. The van der Waals surface area contributed by atoms with Crippen molar-refractivity contribution in [1.82, 2.24) is 14.5 Å². The number of nitrogens with one attached hydrogen (secondary N) is 1. The summed E-state index contributed by atoms with van der Waals surface area (Å²) in [6.45, 7) is 4.27. The highest BCUT2D eigenvalue weighted by Crippen LogP contribution is 2.19. The van der Waals surface area contributed by atoms with E-state index in [0.717, 1.165) is 11.2 Å². The summed E-state index contributed by atoms with van der Waals surface area (Å²) in [5.41, 5.74) is 2.40. The molecular formula is C12H15N3S. The predicted molar refractivity (Wildman–Crippen MR) is 67.0 cm³/mol. The SMILES string of the molecule is CCc1c[nH]c(=S)n1C(C)c1cccnc1. The lowest BCUT2D eigenvalue weighted by molar-refractivity contribution is 0.602. The number of H-pyrrole nitrogens is 1. The predicted octanol–water partition coefficient (Wildman–Crippen LogP) is 3.11. The smallest absolute Gasteiger partial charge is 0.177 e. The van der Waals surface area contributed by atoms with E-state index >= 15 is 0 Å². The fraction of sp³-hybridized carbons (Fsp3) is 0.333. The Hall–Kier alpha value is -1.42. The van der Waals surface area contributed by atoms with E-state index in [2.05, 4.69) is 34.4 Å². The molecule has 16 heavy (non-hydrogen) atoms. The van der Waals surface area contributed by atoms with Gasteiger partial charge in [-0.15, -0.1) is 0 Å². The van der Waals surface area contributed by atoms with E-state index in [1.54, 1.807) is 6.20 Å². The minimum absolute atomic E-state index is 0.224. The largest absolute Gasteiger partial charge is 0.337 e. The Labute approximate surface area is 100 Å². The minimum atomic E-state index is 0.224. The van der Waals surface area contributed by atoms with Gasteiger partial charge in [-0.05, 0) is 37.2 Å². The monoisotopic (exact) mass is 233 g/mol. The molecule has 2 aromatic heterocycles. The highest BCUT2D eigenvalue weighted by molar-refractivity contribution is 7.71. The Kier molecular flexibility index (Phi) is 3.19. The lowest BCUT2D eigenvalue weighted by Crippen LogP contribution is -2.10. The molecule has 0 amide bonds. The summed E-state index contributed by atoms with van der Waals surface area (Å²) in [5, 5.41) is 0. The molecule has 0 aliphatic rings. The average molecular weight is 233 g/mol. The molecule has 0 bridgehead atoms. The molecule has 0 saturated carbocycles. The van der Waals surface area contributed by atoms with E-state index < -0.39 is 0 Å². The number of pyridine rings is 1. The summed E-state index contributed by atoms with van der Waals surface area (Å²) in [6, 6.07) is 4.25. The Morgan fingerprint density at radius 1 is 1.56 bits per heavy atom. The molecule has 84 valence electrons. The quantitative estimate of drug-likeness (QED) is 0.826. The van der Waals surface area contributed by atoms with E-state index in [-0.39, 0.29) is 6.04 Å². The topological polar surface area (TPSA) is 33.6 Å². The number of aryl methyl sites for hydroxylation is 1. The van der Waals surface area contributed by atoms with Gasteiger partial charge in [-0.3, -0.25) is 4.98 Å². The third-order valence-corrected chi connectivity index (χ3v) is 3.12. The van der Waals surface area contributed by atoms with E-state index in [1.807, 2.05) is 18.5 Å². The minimum Gasteiger partial charge on any atom is -0.337 e. The fourth-order valence-electron chi connectivity index (χ4n) is 1.88. The molecule has 0 radical (unpaired) electrons. The van der Waals surface area contributed by atoms with Crippen molar-refractivity contribution in [3.05, 3.63) is 46.8 Å². The van der Waals surface area contributed by atoms with Crippen LogP contribution in [0.25, 0.3) is 0 Å². The molecule has 4 heteroatoms. The number of imidazole rings is 1. The first kappa shape index (κ1) is 11.1. The van der Waals surface area contributed by atoms with E-state index in [0.29, 0.717) is 0 Å². The molecule has 3 nitrogen and oxygen atoms in total. The number of hydrogen-bond acceptors (Lipinski definition) is 2. The fourth-order valence-corrected chi connectivity index (χ4v) is 2.22. The Morgan fingerprint density at radius 3 is 3.00 bits per heavy atom. The highest BCUT2D eigenvalue weighted by Gasteiger charge is 2.11. The maximum Gasteiger partial charge on any atom is 0.177 e. The maximum absolute atomic E-state index is 5.30. The third kappa shape index (κ3) is 1.93. The van der Waals surface area contributed by atoms with Crippen molar-refractivity contribution in [1.29, 1.82) is 0 Å². The molecule has 2 aromatic rings. The van der Waals surface area contributed by atoms with Crippen molar-refractivity contribution < 1.29 is 0 Å². The second kappa shape index (κ2) is 4.61. The van der Waals surface area contributed by atoms with Crippen LogP contribution in [0.2, 0.25) is 0 Å². The average Bonchev–Trinajstić information content (AvgIpc) is 2.70. The number of hydrogen-bond donors (Lipinski definition) is 1. The summed E-state index contributed by atoms with van der Waals surface area (Å²) >= 11 is 5.30. The number of nitrogens with zero attached hydrogens (tertiary/aromatic N) is 2. The summed E-state index contributed by atoms with van der Waals surface area (Å²) in [5.74, 6) is 0. The van der Waals surface area contributed by atoms with Gasteiger partial charge in [0, 0.05) is 24.3 Å². The Bertz CT molecular complexity index is 513. The zero-order valence-electron chi connectivity index (χ0n) is 9.47. The number of aromatic nitrogens is 3. The van der Waals surface area contributed by atoms with Crippen molar-refractivity contribution in [3.8, 4) is 0 Å². The van der Waals surface area contributed by atoms with Crippen LogP contribution in [0.1, 0.15) is 31.1 Å². The van der Waals surface area contributed by atoms with Crippen LogP contribution in [0.4, 0.5) is 0 Å².